The summed E-state index contributed by atoms with van der Waals surface area (Å²) < 4.78 is 53.8. The molecule has 1 unspecified atom stereocenters. The van der Waals surface area contributed by atoms with E-state index in [0.29, 0.717) is 6.42 Å². The Kier molecular flexibility index (Phi) is 6.61. The molecule has 2 atom stereocenters. The van der Waals surface area contributed by atoms with Gasteiger partial charge in [-0.3, -0.25) is 9.58 Å². The van der Waals surface area contributed by atoms with E-state index in [4.69, 9.17) is 10.5 Å². The van der Waals surface area contributed by atoms with Gasteiger partial charge in [0, 0.05) is 48.6 Å². The number of hydrogen-bond donors (Lipinski definition) is 1. The third-order valence-corrected chi connectivity index (χ3v) is 7.44. The number of alkyl halides is 1. The summed E-state index contributed by atoms with van der Waals surface area (Å²) in [5.74, 6) is -1.31. The molecule has 8 heteroatoms. The summed E-state index contributed by atoms with van der Waals surface area (Å²) in [4.78, 5) is 1.87. The van der Waals surface area contributed by atoms with Crippen molar-refractivity contribution in [3.8, 4) is 16.9 Å². The Bertz CT molecular complexity index is 1270. The monoisotopic (exact) mass is 512 g/mol. The van der Waals surface area contributed by atoms with Crippen LogP contribution >= 0.6 is 0 Å². The van der Waals surface area contributed by atoms with E-state index in [1.54, 1.807) is 0 Å². The number of rotatable bonds is 8. The fourth-order valence-electron chi connectivity index (χ4n) is 5.22. The molecule has 0 amide bonds. The highest BCUT2D eigenvalue weighted by molar-refractivity contribution is 5.64. The van der Waals surface area contributed by atoms with Gasteiger partial charge in [0.15, 0.2) is 0 Å². The summed E-state index contributed by atoms with van der Waals surface area (Å²) in [5.41, 5.74) is 7.76. The van der Waals surface area contributed by atoms with Gasteiger partial charge in [-0.1, -0.05) is 18.2 Å². The van der Waals surface area contributed by atoms with E-state index >= 15 is 8.78 Å². The molecule has 1 aliphatic carbocycles. The van der Waals surface area contributed by atoms with Gasteiger partial charge in [-0.25, -0.2) is 13.2 Å². The maximum Gasteiger partial charge on any atom is 0.134 e. The average Bonchev–Trinajstić information content (AvgIpc) is 3.36. The number of aromatic nitrogens is 2. The molecule has 3 aromatic rings. The minimum Gasteiger partial charge on any atom is -0.491 e. The van der Waals surface area contributed by atoms with Gasteiger partial charge in [0.2, 0.25) is 0 Å². The molecule has 2 aromatic carbocycles. The minimum absolute atomic E-state index is 0.0378. The second kappa shape index (κ2) is 9.48. The van der Waals surface area contributed by atoms with Gasteiger partial charge in [0.1, 0.15) is 29.7 Å². The predicted octanol–water partition coefficient (Wildman–Crippen LogP) is 5.80. The molecule has 198 valence electrons. The van der Waals surface area contributed by atoms with Crippen molar-refractivity contribution in [3.63, 3.8) is 0 Å². The quantitative estimate of drug-likeness (QED) is 0.414. The van der Waals surface area contributed by atoms with Crippen molar-refractivity contribution < 1.29 is 17.9 Å². The summed E-state index contributed by atoms with van der Waals surface area (Å²) in [6.45, 7) is 8.01. The van der Waals surface area contributed by atoms with Gasteiger partial charge in [0.25, 0.3) is 0 Å². The zero-order chi connectivity index (χ0) is 26.5. The number of ether oxygens (including phenoxy) is 1. The van der Waals surface area contributed by atoms with E-state index < -0.39 is 28.9 Å². The first-order valence-electron chi connectivity index (χ1n) is 13.0. The SMILES string of the molecule is CCn1cc(-c2ccc3c(c2)C[C@@H](C)N(CC(C)(C)F)C3c2c(F)cc(OCC3(N)CC3)cc2F)cn1. The van der Waals surface area contributed by atoms with Crippen LogP contribution in [0, 0.1) is 11.6 Å². The Hall–Kier alpha value is -2.84. The largest absolute Gasteiger partial charge is 0.491 e. The topological polar surface area (TPSA) is 56.3 Å². The van der Waals surface area contributed by atoms with E-state index in [1.807, 2.05) is 48.0 Å². The molecule has 5 nitrogen and oxygen atoms in total. The highest BCUT2D eigenvalue weighted by Crippen LogP contribution is 2.43. The molecule has 37 heavy (non-hydrogen) atoms. The van der Waals surface area contributed by atoms with Crippen LogP contribution in [0.4, 0.5) is 13.2 Å². The van der Waals surface area contributed by atoms with Crippen LogP contribution in [-0.4, -0.2) is 45.1 Å². The molecule has 2 N–H and O–H groups in total. The third-order valence-electron chi connectivity index (χ3n) is 7.44. The molecular weight excluding hydrogens is 477 g/mol. The number of benzene rings is 2. The Morgan fingerprint density at radius 2 is 1.84 bits per heavy atom. The van der Waals surface area contributed by atoms with Crippen LogP contribution in [0.1, 0.15) is 63.3 Å². The smallest absolute Gasteiger partial charge is 0.134 e. The van der Waals surface area contributed by atoms with Crippen molar-refractivity contribution in [1.29, 1.82) is 0 Å². The van der Waals surface area contributed by atoms with E-state index in [-0.39, 0.29) is 30.5 Å². The van der Waals surface area contributed by atoms with Crippen molar-refractivity contribution in [2.24, 2.45) is 5.73 Å². The molecule has 1 saturated carbocycles. The predicted molar refractivity (Wildman–Crippen MR) is 138 cm³/mol. The standard InChI is InChI=1S/C29H35F3N4O/c1-5-35-15-21(14-34-35)19-6-7-23-20(11-19)10-18(2)36(16-28(3,4)32)27(23)26-24(30)12-22(13-25(26)31)37-17-29(33)8-9-29/h6-7,11-15,18,27H,5,8-10,16-17,33H2,1-4H3/t18-,27?/m1/s1. The molecule has 1 aromatic heterocycles. The average molecular weight is 513 g/mol. The van der Waals surface area contributed by atoms with E-state index in [2.05, 4.69) is 11.2 Å². The van der Waals surface area contributed by atoms with Crippen molar-refractivity contribution in [1.82, 2.24) is 14.7 Å². The van der Waals surface area contributed by atoms with Crippen molar-refractivity contribution in [3.05, 3.63) is 71.1 Å². The van der Waals surface area contributed by atoms with Crippen LogP contribution in [0.25, 0.3) is 11.1 Å². The Balaban J connectivity index is 1.56. The summed E-state index contributed by atoms with van der Waals surface area (Å²) in [5, 5.41) is 4.37. The highest BCUT2D eigenvalue weighted by Gasteiger charge is 2.41. The van der Waals surface area contributed by atoms with Gasteiger partial charge in [-0.05, 0) is 63.6 Å². The second-order valence-corrected chi connectivity index (χ2v) is 11.3. The first-order valence-corrected chi connectivity index (χ1v) is 13.0. The van der Waals surface area contributed by atoms with E-state index in [0.717, 1.165) is 41.6 Å². The lowest BCUT2D eigenvalue weighted by Crippen LogP contribution is -2.48. The molecule has 0 radical (unpaired) electrons. The zero-order valence-corrected chi connectivity index (χ0v) is 21.9. The van der Waals surface area contributed by atoms with E-state index in [1.165, 1.54) is 26.0 Å². The number of hydrogen-bond acceptors (Lipinski definition) is 4. The number of fused-ring (bicyclic) bond motifs is 1. The maximum absolute atomic E-state index is 15.7. The van der Waals surface area contributed by atoms with Crippen LogP contribution in [-0.2, 0) is 13.0 Å². The fraction of sp³-hybridized carbons (Fsp3) is 0.483. The normalized spacial score (nSPS) is 21.1. The number of halogens is 3. The van der Waals surface area contributed by atoms with Crippen molar-refractivity contribution in [2.75, 3.05) is 13.2 Å². The van der Waals surface area contributed by atoms with Gasteiger partial charge >= 0.3 is 0 Å². The van der Waals surface area contributed by atoms with E-state index in [9.17, 15) is 4.39 Å². The van der Waals surface area contributed by atoms with Crippen LogP contribution in [0.15, 0.2) is 42.7 Å². The minimum atomic E-state index is -1.55. The lowest BCUT2D eigenvalue weighted by Gasteiger charge is -2.44. The molecule has 1 aliphatic heterocycles. The summed E-state index contributed by atoms with van der Waals surface area (Å²) in [7, 11) is 0. The lowest BCUT2D eigenvalue weighted by atomic mass is 9.82. The molecule has 2 heterocycles. The van der Waals surface area contributed by atoms with Crippen LogP contribution in [0.5, 0.6) is 5.75 Å². The second-order valence-electron chi connectivity index (χ2n) is 11.3. The Labute approximate surface area is 216 Å². The van der Waals surface area contributed by atoms with Crippen molar-refractivity contribution >= 4 is 0 Å². The molecule has 0 spiro atoms. The van der Waals surface area contributed by atoms with Gasteiger partial charge in [-0.15, -0.1) is 0 Å². The number of aryl methyl sites for hydroxylation is 1. The molecule has 2 aliphatic rings. The Morgan fingerprint density at radius 3 is 2.43 bits per heavy atom. The lowest BCUT2D eigenvalue weighted by molar-refractivity contribution is 0.0652. The van der Waals surface area contributed by atoms with Gasteiger partial charge in [0.05, 0.1) is 17.8 Å². The van der Waals surface area contributed by atoms with Crippen LogP contribution < -0.4 is 10.5 Å². The fourth-order valence-corrected chi connectivity index (χ4v) is 5.22. The summed E-state index contributed by atoms with van der Waals surface area (Å²) in [6, 6.07) is 7.45. The van der Waals surface area contributed by atoms with Gasteiger partial charge < -0.3 is 10.5 Å². The first kappa shape index (κ1) is 25.8. The molecule has 0 bridgehead atoms. The molecule has 1 fully saturated rings. The summed E-state index contributed by atoms with van der Waals surface area (Å²) >= 11 is 0. The Morgan fingerprint density at radius 1 is 1.14 bits per heavy atom. The first-order chi connectivity index (χ1) is 17.5. The number of nitrogens with two attached hydrogens (primary N) is 1. The highest BCUT2D eigenvalue weighted by atomic mass is 19.1. The number of nitrogens with zero attached hydrogens (tertiary/aromatic N) is 3. The maximum atomic E-state index is 15.7. The zero-order valence-electron chi connectivity index (χ0n) is 21.9. The molecular formula is C29H35F3N4O. The summed E-state index contributed by atoms with van der Waals surface area (Å²) in [6.07, 6.45) is 6.11. The van der Waals surface area contributed by atoms with Crippen LogP contribution in [0.3, 0.4) is 0 Å². The van der Waals surface area contributed by atoms with Gasteiger partial charge in [-0.2, -0.15) is 5.10 Å². The molecule has 0 saturated heterocycles. The third kappa shape index (κ3) is 5.41. The molecule has 5 rings (SSSR count). The van der Waals surface area contributed by atoms with Crippen LogP contribution in [0.2, 0.25) is 0 Å². The van der Waals surface area contributed by atoms with Crippen molar-refractivity contribution in [2.45, 2.75) is 76.8 Å².